The molecular formula is C14H24N2O4. The number of carboxylic acids is 1. The zero-order chi connectivity index (χ0) is 14.8. The number of likely N-dealkylation sites (tertiary alicyclic amines) is 1. The summed E-state index contributed by atoms with van der Waals surface area (Å²) in [6, 6.07) is -0.0467. The third-order valence-electron chi connectivity index (χ3n) is 4.21. The Labute approximate surface area is 119 Å². The van der Waals surface area contributed by atoms with Crippen LogP contribution in [0, 0.1) is 5.41 Å². The number of aliphatic carboxylic acids is 1. The Bertz CT molecular complexity index is 387. The van der Waals surface area contributed by atoms with Crippen LogP contribution in [0.15, 0.2) is 0 Å². The van der Waals surface area contributed by atoms with Gasteiger partial charge in [-0.15, -0.1) is 0 Å². The second-order valence-corrected chi connectivity index (χ2v) is 6.15. The van der Waals surface area contributed by atoms with Crippen molar-refractivity contribution in [1.82, 2.24) is 9.80 Å². The SMILES string of the molecule is CC1CN(C(=O)N2CCCC(C)(C(=O)O)C2)CCCO1. The predicted octanol–water partition coefficient (Wildman–Crippen LogP) is 1.40. The van der Waals surface area contributed by atoms with Crippen LogP contribution in [0.25, 0.3) is 0 Å². The van der Waals surface area contributed by atoms with E-state index in [9.17, 15) is 14.7 Å². The number of urea groups is 1. The van der Waals surface area contributed by atoms with Gasteiger partial charge < -0.3 is 19.6 Å². The van der Waals surface area contributed by atoms with Gasteiger partial charge in [0.15, 0.2) is 0 Å². The third-order valence-corrected chi connectivity index (χ3v) is 4.21. The fourth-order valence-electron chi connectivity index (χ4n) is 2.95. The van der Waals surface area contributed by atoms with E-state index in [2.05, 4.69) is 0 Å². The normalized spacial score (nSPS) is 31.8. The molecule has 0 radical (unpaired) electrons. The van der Waals surface area contributed by atoms with Gasteiger partial charge in [0.05, 0.1) is 11.5 Å². The topological polar surface area (TPSA) is 70.1 Å². The fourth-order valence-corrected chi connectivity index (χ4v) is 2.95. The molecule has 1 N–H and O–H groups in total. The summed E-state index contributed by atoms with van der Waals surface area (Å²) in [5.74, 6) is -0.817. The lowest BCUT2D eigenvalue weighted by Gasteiger charge is -2.39. The molecule has 114 valence electrons. The molecule has 6 nitrogen and oxygen atoms in total. The molecule has 0 aromatic carbocycles. The Morgan fingerprint density at radius 1 is 1.25 bits per heavy atom. The minimum atomic E-state index is -0.818. The molecule has 2 fully saturated rings. The molecule has 2 amide bonds. The number of ether oxygens (including phenoxy) is 1. The van der Waals surface area contributed by atoms with Crippen LogP contribution in [0.1, 0.15) is 33.1 Å². The summed E-state index contributed by atoms with van der Waals surface area (Å²) >= 11 is 0. The highest BCUT2D eigenvalue weighted by molar-refractivity contribution is 5.78. The van der Waals surface area contributed by atoms with Gasteiger partial charge in [0.1, 0.15) is 0 Å². The summed E-state index contributed by atoms with van der Waals surface area (Å²) in [4.78, 5) is 27.4. The van der Waals surface area contributed by atoms with E-state index in [4.69, 9.17) is 4.74 Å². The van der Waals surface area contributed by atoms with E-state index in [-0.39, 0.29) is 12.1 Å². The summed E-state index contributed by atoms with van der Waals surface area (Å²) in [6.07, 6.45) is 2.25. The number of piperidine rings is 1. The zero-order valence-corrected chi connectivity index (χ0v) is 12.3. The van der Waals surface area contributed by atoms with Crippen LogP contribution < -0.4 is 0 Å². The molecule has 2 unspecified atom stereocenters. The van der Waals surface area contributed by atoms with Crippen molar-refractivity contribution in [2.24, 2.45) is 5.41 Å². The third kappa shape index (κ3) is 3.23. The number of nitrogens with zero attached hydrogens (tertiary/aromatic N) is 2. The number of rotatable bonds is 1. The number of carbonyl (C=O) groups is 2. The van der Waals surface area contributed by atoms with E-state index < -0.39 is 11.4 Å². The molecule has 0 bridgehead atoms. The van der Waals surface area contributed by atoms with Crippen LogP contribution in [0.2, 0.25) is 0 Å². The van der Waals surface area contributed by atoms with Gasteiger partial charge in [0.25, 0.3) is 0 Å². The van der Waals surface area contributed by atoms with Gasteiger partial charge in [0, 0.05) is 32.8 Å². The second-order valence-electron chi connectivity index (χ2n) is 6.15. The van der Waals surface area contributed by atoms with Gasteiger partial charge in [0.2, 0.25) is 0 Å². The van der Waals surface area contributed by atoms with Crippen molar-refractivity contribution in [2.45, 2.75) is 39.2 Å². The zero-order valence-electron chi connectivity index (χ0n) is 12.3. The lowest BCUT2D eigenvalue weighted by Crippen LogP contribution is -2.53. The van der Waals surface area contributed by atoms with Crippen LogP contribution >= 0.6 is 0 Å². The Morgan fingerprint density at radius 2 is 1.95 bits per heavy atom. The highest BCUT2D eigenvalue weighted by atomic mass is 16.5. The molecule has 0 aromatic heterocycles. The highest BCUT2D eigenvalue weighted by Crippen LogP contribution is 2.30. The van der Waals surface area contributed by atoms with Crippen molar-refractivity contribution < 1.29 is 19.4 Å². The van der Waals surface area contributed by atoms with Gasteiger partial charge >= 0.3 is 12.0 Å². The Kier molecular flexibility index (Phi) is 4.52. The predicted molar refractivity (Wildman–Crippen MR) is 73.5 cm³/mol. The minimum absolute atomic E-state index is 0.0390. The molecule has 2 heterocycles. The van der Waals surface area contributed by atoms with E-state index >= 15 is 0 Å². The number of amides is 2. The Morgan fingerprint density at radius 3 is 2.65 bits per heavy atom. The first kappa shape index (κ1) is 15.1. The van der Waals surface area contributed by atoms with E-state index in [1.807, 2.05) is 6.92 Å². The number of carbonyl (C=O) groups excluding carboxylic acids is 1. The molecule has 0 spiro atoms. The summed E-state index contributed by atoms with van der Waals surface area (Å²) in [5.41, 5.74) is -0.818. The van der Waals surface area contributed by atoms with Crippen LogP contribution in [0.4, 0.5) is 4.79 Å². The van der Waals surface area contributed by atoms with Crippen molar-refractivity contribution >= 4 is 12.0 Å². The van der Waals surface area contributed by atoms with Gasteiger partial charge in [-0.2, -0.15) is 0 Å². The largest absolute Gasteiger partial charge is 0.481 e. The van der Waals surface area contributed by atoms with Crippen molar-refractivity contribution in [3.8, 4) is 0 Å². The van der Waals surface area contributed by atoms with Crippen molar-refractivity contribution in [3.05, 3.63) is 0 Å². The lowest BCUT2D eigenvalue weighted by molar-refractivity contribution is -0.150. The Balaban J connectivity index is 2.02. The summed E-state index contributed by atoms with van der Waals surface area (Å²) in [7, 11) is 0. The number of carboxylic acid groups (broad SMARTS) is 1. The van der Waals surface area contributed by atoms with Gasteiger partial charge in [-0.3, -0.25) is 4.79 Å². The quantitative estimate of drug-likeness (QED) is 0.790. The van der Waals surface area contributed by atoms with E-state index in [1.54, 1.807) is 16.7 Å². The minimum Gasteiger partial charge on any atom is -0.481 e. The molecule has 0 saturated carbocycles. The average molecular weight is 284 g/mol. The molecule has 2 rings (SSSR count). The molecule has 2 atom stereocenters. The number of hydrogen-bond donors (Lipinski definition) is 1. The molecule has 0 aromatic rings. The Hall–Kier alpha value is -1.30. The first-order chi connectivity index (χ1) is 9.42. The molecule has 2 saturated heterocycles. The van der Waals surface area contributed by atoms with Gasteiger partial charge in [-0.25, -0.2) is 4.79 Å². The summed E-state index contributed by atoms with van der Waals surface area (Å²) < 4.78 is 5.54. The van der Waals surface area contributed by atoms with Crippen molar-refractivity contribution in [1.29, 1.82) is 0 Å². The van der Waals surface area contributed by atoms with Gasteiger partial charge in [-0.05, 0) is 33.1 Å². The average Bonchev–Trinajstić information content (AvgIpc) is 2.62. The molecule has 2 aliphatic heterocycles. The van der Waals surface area contributed by atoms with E-state index in [0.29, 0.717) is 39.2 Å². The highest BCUT2D eigenvalue weighted by Gasteiger charge is 2.40. The molecule has 2 aliphatic rings. The van der Waals surface area contributed by atoms with Crippen molar-refractivity contribution in [2.75, 3.05) is 32.8 Å². The first-order valence-electron chi connectivity index (χ1n) is 7.31. The van der Waals surface area contributed by atoms with Crippen LogP contribution in [0.3, 0.4) is 0 Å². The smallest absolute Gasteiger partial charge is 0.320 e. The maximum Gasteiger partial charge on any atom is 0.320 e. The van der Waals surface area contributed by atoms with Crippen molar-refractivity contribution in [3.63, 3.8) is 0 Å². The maximum atomic E-state index is 12.6. The maximum absolute atomic E-state index is 12.6. The second kappa shape index (κ2) is 5.99. The molecule has 20 heavy (non-hydrogen) atoms. The van der Waals surface area contributed by atoms with Crippen LogP contribution in [-0.4, -0.2) is 65.8 Å². The van der Waals surface area contributed by atoms with Crippen LogP contribution in [-0.2, 0) is 9.53 Å². The molecule has 0 aliphatic carbocycles. The first-order valence-corrected chi connectivity index (χ1v) is 7.31. The van der Waals surface area contributed by atoms with E-state index in [1.165, 1.54) is 0 Å². The summed E-state index contributed by atoms with van der Waals surface area (Å²) in [6.45, 7) is 6.58. The summed E-state index contributed by atoms with van der Waals surface area (Å²) in [5, 5.41) is 9.32. The molecular weight excluding hydrogens is 260 g/mol. The molecule has 6 heteroatoms. The van der Waals surface area contributed by atoms with E-state index in [0.717, 1.165) is 12.8 Å². The van der Waals surface area contributed by atoms with Crippen LogP contribution in [0.5, 0.6) is 0 Å². The fraction of sp³-hybridized carbons (Fsp3) is 0.857. The lowest BCUT2D eigenvalue weighted by atomic mass is 9.82. The van der Waals surface area contributed by atoms with Gasteiger partial charge in [-0.1, -0.05) is 0 Å². The number of hydrogen-bond acceptors (Lipinski definition) is 3. The standard InChI is InChI=1S/C14H24N2O4/c1-11-9-15(7-4-8-20-11)13(19)16-6-3-5-14(2,10-16)12(17)18/h11H,3-10H2,1-2H3,(H,17,18). The monoisotopic (exact) mass is 284 g/mol.